The van der Waals surface area contributed by atoms with Crippen molar-refractivity contribution in [1.29, 1.82) is 0 Å². The average molecular weight is 391 g/mol. The molecule has 76 valence electrons. The van der Waals surface area contributed by atoms with Crippen LogP contribution in [-0.4, -0.2) is 15.0 Å². The molecule has 0 N–H and O–H groups in total. The van der Waals surface area contributed by atoms with E-state index in [2.05, 4.69) is 68.3 Å². The van der Waals surface area contributed by atoms with Crippen LogP contribution >= 0.6 is 31.9 Å². The van der Waals surface area contributed by atoms with E-state index in [1.54, 1.807) is 0 Å². The van der Waals surface area contributed by atoms with Crippen molar-refractivity contribution in [1.82, 2.24) is 0 Å². The molecular formula is C12H8Br2Se. The summed E-state index contributed by atoms with van der Waals surface area (Å²) in [5.41, 5.74) is 0. The molecule has 2 aromatic rings. The van der Waals surface area contributed by atoms with Crippen molar-refractivity contribution in [2.45, 2.75) is 0 Å². The van der Waals surface area contributed by atoms with Crippen LogP contribution in [0.2, 0.25) is 0 Å². The van der Waals surface area contributed by atoms with Crippen LogP contribution in [0, 0.1) is 0 Å². The van der Waals surface area contributed by atoms with Gasteiger partial charge in [-0.1, -0.05) is 0 Å². The molecule has 0 saturated carbocycles. The van der Waals surface area contributed by atoms with E-state index in [0.29, 0.717) is 15.0 Å². The molecule has 0 saturated heterocycles. The van der Waals surface area contributed by atoms with E-state index in [1.165, 1.54) is 17.9 Å². The van der Waals surface area contributed by atoms with E-state index in [9.17, 15) is 0 Å². The monoisotopic (exact) mass is 390 g/mol. The normalized spacial score (nSPS) is 10.3. The van der Waals surface area contributed by atoms with E-state index in [1.807, 2.05) is 12.1 Å². The van der Waals surface area contributed by atoms with Gasteiger partial charge in [0.25, 0.3) is 0 Å². The molecule has 0 aliphatic rings. The number of benzene rings is 2. The topological polar surface area (TPSA) is 0 Å². The molecule has 15 heavy (non-hydrogen) atoms. The SMILES string of the molecule is Brc1ccccc1[Se]c1ccccc1Br. The summed E-state index contributed by atoms with van der Waals surface area (Å²) < 4.78 is 5.13. The maximum absolute atomic E-state index is 3.58. The molecule has 0 bridgehead atoms. The average Bonchev–Trinajstić information content (AvgIpc) is 2.24. The second kappa shape index (κ2) is 5.31. The Bertz CT molecular complexity index is 425. The molecule has 0 aromatic heterocycles. The predicted molar refractivity (Wildman–Crippen MR) is 73.3 cm³/mol. The standard InChI is InChI=1S/C12H8Br2Se/c13-9-5-1-3-7-11(9)15-12-8-4-2-6-10(12)14/h1-8H. The molecule has 2 aromatic carbocycles. The van der Waals surface area contributed by atoms with Gasteiger partial charge in [-0.25, -0.2) is 0 Å². The fourth-order valence-electron chi connectivity index (χ4n) is 1.17. The minimum atomic E-state index is 0.347. The fourth-order valence-corrected chi connectivity index (χ4v) is 4.39. The van der Waals surface area contributed by atoms with Crippen molar-refractivity contribution in [3.8, 4) is 0 Å². The summed E-state index contributed by atoms with van der Waals surface area (Å²) in [6, 6.07) is 16.8. The molecule has 0 aliphatic carbocycles. The first-order valence-electron chi connectivity index (χ1n) is 4.44. The van der Waals surface area contributed by atoms with Gasteiger partial charge < -0.3 is 0 Å². The number of hydrogen-bond acceptors (Lipinski definition) is 0. The molecular weight excluding hydrogens is 383 g/mol. The molecule has 0 radical (unpaired) electrons. The van der Waals surface area contributed by atoms with Crippen LogP contribution in [0.15, 0.2) is 57.5 Å². The third kappa shape index (κ3) is 2.94. The summed E-state index contributed by atoms with van der Waals surface area (Å²) >= 11 is 7.50. The van der Waals surface area contributed by atoms with Crippen molar-refractivity contribution >= 4 is 55.7 Å². The minimum absolute atomic E-state index is 0.347. The fraction of sp³-hybridized carbons (Fsp3) is 0. The second-order valence-corrected chi connectivity index (χ2v) is 6.95. The zero-order valence-electron chi connectivity index (χ0n) is 7.78. The van der Waals surface area contributed by atoms with Crippen LogP contribution < -0.4 is 8.92 Å². The molecule has 0 spiro atoms. The second-order valence-electron chi connectivity index (χ2n) is 2.96. The van der Waals surface area contributed by atoms with Gasteiger partial charge in [0.1, 0.15) is 0 Å². The summed E-state index contributed by atoms with van der Waals surface area (Å²) in [5, 5.41) is 0. The summed E-state index contributed by atoms with van der Waals surface area (Å²) in [4.78, 5) is 0. The van der Waals surface area contributed by atoms with Gasteiger partial charge in [-0.2, -0.15) is 0 Å². The van der Waals surface area contributed by atoms with Crippen molar-refractivity contribution in [3.63, 3.8) is 0 Å². The Labute approximate surface area is 113 Å². The van der Waals surface area contributed by atoms with Gasteiger partial charge in [-0.3, -0.25) is 0 Å². The zero-order valence-corrected chi connectivity index (χ0v) is 12.7. The van der Waals surface area contributed by atoms with E-state index in [4.69, 9.17) is 0 Å². The van der Waals surface area contributed by atoms with Crippen molar-refractivity contribution in [3.05, 3.63) is 57.5 Å². The molecule has 0 fully saturated rings. The van der Waals surface area contributed by atoms with E-state index >= 15 is 0 Å². The van der Waals surface area contributed by atoms with Gasteiger partial charge in [0.15, 0.2) is 0 Å². The molecule has 0 atom stereocenters. The first-order valence-corrected chi connectivity index (χ1v) is 7.74. The molecule has 0 heterocycles. The summed E-state index contributed by atoms with van der Waals surface area (Å²) in [6.07, 6.45) is 0. The van der Waals surface area contributed by atoms with Gasteiger partial charge in [-0.15, -0.1) is 0 Å². The Morgan fingerprint density at radius 3 is 1.47 bits per heavy atom. The summed E-state index contributed by atoms with van der Waals surface area (Å²) in [5.74, 6) is 0. The molecule has 2 rings (SSSR count). The van der Waals surface area contributed by atoms with Gasteiger partial charge >= 0.3 is 113 Å². The summed E-state index contributed by atoms with van der Waals surface area (Å²) in [6.45, 7) is 0. The van der Waals surface area contributed by atoms with Crippen molar-refractivity contribution < 1.29 is 0 Å². The van der Waals surface area contributed by atoms with E-state index in [0.717, 1.165) is 0 Å². The van der Waals surface area contributed by atoms with Crippen LogP contribution in [0.5, 0.6) is 0 Å². The van der Waals surface area contributed by atoms with Crippen LogP contribution in [0.3, 0.4) is 0 Å². The van der Waals surface area contributed by atoms with Crippen molar-refractivity contribution in [2.75, 3.05) is 0 Å². The number of hydrogen-bond donors (Lipinski definition) is 0. The Kier molecular flexibility index (Phi) is 4.04. The Morgan fingerprint density at radius 2 is 1.07 bits per heavy atom. The van der Waals surface area contributed by atoms with E-state index in [-0.39, 0.29) is 0 Å². The van der Waals surface area contributed by atoms with Crippen LogP contribution in [0.4, 0.5) is 0 Å². The van der Waals surface area contributed by atoms with Gasteiger partial charge in [-0.05, 0) is 0 Å². The molecule has 3 heteroatoms. The maximum atomic E-state index is 3.58. The third-order valence-electron chi connectivity index (χ3n) is 1.89. The predicted octanol–water partition coefficient (Wildman–Crippen LogP) is 2.87. The first-order chi connectivity index (χ1) is 7.27. The van der Waals surface area contributed by atoms with E-state index < -0.39 is 0 Å². The number of rotatable bonds is 2. The zero-order chi connectivity index (χ0) is 10.7. The van der Waals surface area contributed by atoms with Crippen LogP contribution in [0.1, 0.15) is 0 Å². The summed E-state index contributed by atoms with van der Waals surface area (Å²) in [7, 11) is 0. The molecule has 0 nitrogen and oxygen atoms in total. The first kappa shape index (κ1) is 11.4. The van der Waals surface area contributed by atoms with Crippen LogP contribution in [0.25, 0.3) is 0 Å². The van der Waals surface area contributed by atoms with Gasteiger partial charge in [0.05, 0.1) is 0 Å². The number of halogens is 2. The van der Waals surface area contributed by atoms with Gasteiger partial charge in [0, 0.05) is 0 Å². The quantitative estimate of drug-likeness (QED) is 0.692. The van der Waals surface area contributed by atoms with Crippen LogP contribution in [-0.2, 0) is 0 Å². The molecule has 0 unspecified atom stereocenters. The third-order valence-corrected chi connectivity index (χ3v) is 6.87. The Morgan fingerprint density at radius 1 is 0.667 bits per heavy atom. The molecule has 0 amide bonds. The van der Waals surface area contributed by atoms with Crippen molar-refractivity contribution in [2.24, 2.45) is 0 Å². The Hall–Kier alpha value is -0.0805. The molecule has 0 aliphatic heterocycles. The van der Waals surface area contributed by atoms with Gasteiger partial charge in [0.2, 0.25) is 0 Å². The Balaban J connectivity index is 2.30.